The van der Waals surface area contributed by atoms with Crippen LogP contribution in [-0.2, 0) is 0 Å². The van der Waals surface area contributed by atoms with Crippen molar-refractivity contribution in [2.75, 3.05) is 0 Å². The molecule has 0 aliphatic carbocycles. The number of aromatic nitrogens is 1. The number of hydrogen-bond acceptors (Lipinski definition) is 2. The smallest absolute Gasteiger partial charge is 0.275 e. The van der Waals surface area contributed by atoms with E-state index in [0.717, 1.165) is 6.07 Å². The van der Waals surface area contributed by atoms with Crippen molar-refractivity contribution in [3.8, 4) is 0 Å². The Morgan fingerprint density at radius 2 is 2.14 bits per heavy atom. The molecule has 14 heavy (non-hydrogen) atoms. The first kappa shape index (κ1) is 11.8. The third-order valence-electron chi connectivity index (χ3n) is 1.37. The van der Waals surface area contributed by atoms with Gasteiger partial charge >= 0.3 is 0 Å². The van der Waals surface area contributed by atoms with Gasteiger partial charge < -0.3 is 0 Å². The SMILES string of the molecule is O=C(Cl)c1c(Br)cc(C(F)F)nc1Cl. The van der Waals surface area contributed by atoms with Crippen molar-refractivity contribution in [3.63, 3.8) is 0 Å². The average molecular weight is 305 g/mol. The van der Waals surface area contributed by atoms with Crippen LogP contribution in [0.4, 0.5) is 8.78 Å². The quantitative estimate of drug-likeness (QED) is 0.614. The summed E-state index contributed by atoms with van der Waals surface area (Å²) in [5.74, 6) is 0. The Labute approximate surface area is 96.3 Å². The van der Waals surface area contributed by atoms with Gasteiger partial charge in [0.05, 0.1) is 5.56 Å². The molecule has 1 aromatic heterocycles. The number of nitrogens with zero attached hydrogens (tertiary/aromatic N) is 1. The fraction of sp³-hybridized carbons (Fsp3) is 0.143. The highest BCUT2D eigenvalue weighted by Gasteiger charge is 2.18. The number of carbonyl (C=O) groups excluding carboxylic acids is 1. The number of hydrogen-bond donors (Lipinski definition) is 0. The van der Waals surface area contributed by atoms with Crippen molar-refractivity contribution in [1.82, 2.24) is 4.98 Å². The molecular weight excluding hydrogens is 303 g/mol. The van der Waals surface area contributed by atoms with Crippen LogP contribution in [0.5, 0.6) is 0 Å². The minimum atomic E-state index is -2.75. The molecule has 1 heterocycles. The number of carbonyl (C=O) groups is 1. The lowest BCUT2D eigenvalue weighted by molar-refractivity contribution is 0.107. The van der Waals surface area contributed by atoms with Crippen LogP contribution in [0.15, 0.2) is 10.5 Å². The molecule has 0 unspecified atom stereocenters. The molecule has 1 rings (SSSR count). The minimum absolute atomic E-state index is 0.104. The first-order valence-electron chi connectivity index (χ1n) is 3.27. The van der Waals surface area contributed by atoms with Crippen LogP contribution >= 0.6 is 39.1 Å². The zero-order chi connectivity index (χ0) is 10.9. The molecule has 0 aromatic carbocycles. The molecule has 0 atom stereocenters. The van der Waals surface area contributed by atoms with E-state index >= 15 is 0 Å². The van der Waals surface area contributed by atoms with Gasteiger partial charge in [-0.05, 0) is 33.6 Å². The first-order chi connectivity index (χ1) is 6.43. The molecule has 0 aliphatic heterocycles. The van der Waals surface area contributed by atoms with Crippen molar-refractivity contribution >= 4 is 44.4 Å². The molecule has 76 valence electrons. The number of halogens is 5. The van der Waals surface area contributed by atoms with E-state index in [1.165, 1.54) is 0 Å². The van der Waals surface area contributed by atoms with Crippen molar-refractivity contribution in [3.05, 3.63) is 26.9 Å². The van der Waals surface area contributed by atoms with Gasteiger partial charge in [0, 0.05) is 4.47 Å². The summed E-state index contributed by atoms with van der Waals surface area (Å²) in [6, 6.07) is 1.01. The van der Waals surface area contributed by atoms with E-state index in [1.54, 1.807) is 0 Å². The van der Waals surface area contributed by atoms with E-state index < -0.39 is 17.4 Å². The fourth-order valence-corrected chi connectivity index (χ4v) is 2.14. The van der Waals surface area contributed by atoms with Gasteiger partial charge in [0.1, 0.15) is 10.8 Å². The van der Waals surface area contributed by atoms with Gasteiger partial charge in [-0.1, -0.05) is 11.6 Å². The first-order valence-corrected chi connectivity index (χ1v) is 4.82. The molecule has 1 aromatic rings. The molecule has 0 saturated heterocycles. The minimum Gasteiger partial charge on any atom is -0.275 e. The van der Waals surface area contributed by atoms with E-state index in [0.29, 0.717) is 0 Å². The average Bonchev–Trinajstić information content (AvgIpc) is 2.01. The van der Waals surface area contributed by atoms with E-state index in [-0.39, 0.29) is 15.2 Å². The van der Waals surface area contributed by atoms with E-state index in [9.17, 15) is 13.6 Å². The Hall–Kier alpha value is -0.260. The van der Waals surface area contributed by atoms with Crippen molar-refractivity contribution in [2.24, 2.45) is 0 Å². The highest BCUT2D eigenvalue weighted by Crippen LogP contribution is 2.29. The zero-order valence-electron chi connectivity index (χ0n) is 6.40. The number of pyridine rings is 1. The predicted molar refractivity (Wildman–Crippen MR) is 52.1 cm³/mol. The van der Waals surface area contributed by atoms with E-state index in [4.69, 9.17) is 23.2 Å². The highest BCUT2D eigenvalue weighted by atomic mass is 79.9. The maximum absolute atomic E-state index is 12.2. The van der Waals surface area contributed by atoms with Crippen LogP contribution in [0, 0.1) is 0 Å². The van der Waals surface area contributed by atoms with Crippen LogP contribution < -0.4 is 0 Å². The van der Waals surface area contributed by atoms with Gasteiger partial charge in [0.2, 0.25) is 0 Å². The van der Waals surface area contributed by atoms with Gasteiger partial charge in [0.15, 0.2) is 0 Å². The second-order valence-electron chi connectivity index (χ2n) is 2.27. The van der Waals surface area contributed by atoms with Crippen molar-refractivity contribution in [1.29, 1.82) is 0 Å². The van der Waals surface area contributed by atoms with Crippen LogP contribution in [-0.4, -0.2) is 10.2 Å². The molecule has 0 bridgehead atoms. The summed E-state index contributed by atoms with van der Waals surface area (Å²) in [6.07, 6.45) is -2.75. The van der Waals surface area contributed by atoms with Crippen LogP contribution in [0.3, 0.4) is 0 Å². The predicted octanol–water partition coefficient (Wildman–Crippen LogP) is 3.81. The summed E-state index contributed by atoms with van der Waals surface area (Å²) in [7, 11) is 0. The Morgan fingerprint density at radius 1 is 1.57 bits per heavy atom. The van der Waals surface area contributed by atoms with Gasteiger partial charge in [0.25, 0.3) is 11.7 Å². The molecule has 0 fully saturated rings. The lowest BCUT2D eigenvalue weighted by atomic mass is 10.2. The van der Waals surface area contributed by atoms with Crippen LogP contribution in [0.2, 0.25) is 5.15 Å². The van der Waals surface area contributed by atoms with E-state index in [1.807, 2.05) is 0 Å². The number of rotatable bonds is 2. The Bertz CT molecular complexity index is 363. The maximum Gasteiger partial charge on any atom is 0.280 e. The molecule has 0 saturated carbocycles. The summed E-state index contributed by atoms with van der Waals surface area (Å²) in [6.45, 7) is 0. The third kappa shape index (κ3) is 2.40. The largest absolute Gasteiger partial charge is 0.280 e. The maximum atomic E-state index is 12.2. The van der Waals surface area contributed by atoms with Crippen LogP contribution in [0.1, 0.15) is 22.5 Å². The van der Waals surface area contributed by atoms with Crippen molar-refractivity contribution < 1.29 is 13.6 Å². The second-order valence-corrected chi connectivity index (χ2v) is 3.82. The second kappa shape index (κ2) is 4.51. The van der Waals surface area contributed by atoms with Crippen molar-refractivity contribution in [2.45, 2.75) is 6.43 Å². The Balaban J connectivity index is 3.32. The van der Waals surface area contributed by atoms with Gasteiger partial charge in [-0.3, -0.25) is 4.79 Å². The Morgan fingerprint density at radius 3 is 2.50 bits per heavy atom. The molecule has 0 N–H and O–H groups in total. The topological polar surface area (TPSA) is 30.0 Å². The van der Waals surface area contributed by atoms with Crippen LogP contribution in [0.25, 0.3) is 0 Å². The summed E-state index contributed by atoms with van der Waals surface area (Å²) in [4.78, 5) is 14.1. The lowest BCUT2D eigenvalue weighted by Crippen LogP contribution is -1.99. The molecule has 7 heteroatoms. The lowest BCUT2D eigenvalue weighted by Gasteiger charge is -2.04. The monoisotopic (exact) mass is 303 g/mol. The fourth-order valence-electron chi connectivity index (χ4n) is 0.789. The molecule has 0 aliphatic rings. The standard InChI is InChI=1S/C7H2BrCl2F2NO/c8-2-1-3(7(11)12)13-5(9)4(2)6(10)14/h1,7H. The van der Waals surface area contributed by atoms with Gasteiger partial charge in [-0.25, -0.2) is 13.8 Å². The molecule has 0 spiro atoms. The summed E-state index contributed by atoms with van der Waals surface area (Å²) >= 11 is 13.6. The molecule has 2 nitrogen and oxygen atoms in total. The molecular formula is C7H2BrCl2F2NO. The Kier molecular flexibility index (Phi) is 3.80. The zero-order valence-corrected chi connectivity index (χ0v) is 9.50. The van der Waals surface area contributed by atoms with Gasteiger partial charge in [-0.2, -0.15) is 0 Å². The summed E-state index contributed by atoms with van der Waals surface area (Å²) < 4.78 is 24.5. The van der Waals surface area contributed by atoms with Gasteiger partial charge in [-0.15, -0.1) is 0 Å². The van der Waals surface area contributed by atoms with E-state index in [2.05, 4.69) is 20.9 Å². The number of alkyl halides is 2. The summed E-state index contributed by atoms with van der Waals surface area (Å²) in [5.41, 5.74) is -0.624. The molecule has 0 amide bonds. The summed E-state index contributed by atoms with van der Waals surface area (Å²) in [5, 5.41) is -1.19. The molecule has 0 radical (unpaired) electrons. The third-order valence-corrected chi connectivity index (χ3v) is 2.46. The highest BCUT2D eigenvalue weighted by molar-refractivity contribution is 9.10. The normalized spacial score (nSPS) is 10.7.